The summed E-state index contributed by atoms with van der Waals surface area (Å²) in [6.07, 6.45) is 3.84. The second-order valence-corrected chi connectivity index (χ2v) is 8.65. The lowest BCUT2D eigenvalue weighted by Gasteiger charge is -2.31. The van der Waals surface area contributed by atoms with Gasteiger partial charge in [-0.05, 0) is 63.4 Å². The minimum atomic E-state index is -0.226. The van der Waals surface area contributed by atoms with E-state index in [1.807, 2.05) is 54.6 Å². The Morgan fingerprint density at radius 2 is 1.96 bits per heavy atom. The van der Waals surface area contributed by atoms with Crippen LogP contribution in [0.3, 0.4) is 0 Å². The van der Waals surface area contributed by atoms with Gasteiger partial charge in [-0.25, -0.2) is 0 Å². The van der Waals surface area contributed by atoms with Crippen molar-refractivity contribution >= 4 is 28.3 Å². The van der Waals surface area contributed by atoms with Crippen molar-refractivity contribution in [3.05, 3.63) is 51.9 Å². The summed E-state index contributed by atoms with van der Waals surface area (Å²) in [5.74, 6) is 0.620. The second kappa shape index (κ2) is 5.70. The first-order valence-electron chi connectivity index (χ1n) is 9.65. The molecule has 1 fully saturated rings. The third kappa shape index (κ3) is 2.61. The summed E-state index contributed by atoms with van der Waals surface area (Å²) < 4.78 is 1.95. The molecule has 144 valence electrons. The number of nitrogens with zero attached hydrogens (tertiary/aromatic N) is 3. The monoisotopic (exact) mass is 377 g/mol. The number of H-pyrrole nitrogens is 1. The quantitative estimate of drug-likeness (QED) is 0.731. The molecule has 2 aliphatic rings. The van der Waals surface area contributed by atoms with E-state index in [9.17, 15) is 9.59 Å². The molecule has 7 nitrogen and oxygen atoms in total. The molecule has 1 saturated carbocycles. The standard InChI is InChI=1S/C21H23N5O2/c1-21(2,3)25-11-12-10-13(4-7-15(12)20(25)28)23-18-17-16(8-9-22-19(17)27)26(24-18)14-5-6-14/h4,7-10,14H,5-6,11H2,1-3H3,(H,22,27)(H,23,24). The van der Waals surface area contributed by atoms with E-state index < -0.39 is 0 Å². The fourth-order valence-corrected chi connectivity index (χ4v) is 3.86. The van der Waals surface area contributed by atoms with Crippen molar-refractivity contribution in [3.8, 4) is 0 Å². The number of anilines is 2. The Kier molecular flexibility index (Phi) is 3.47. The molecule has 1 aromatic carbocycles. The summed E-state index contributed by atoms with van der Waals surface area (Å²) in [6.45, 7) is 6.71. The summed E-state index contributed by atoms with van der Waals surface area (Å²) in [5.41, 5.74) is 3.03. The van der Waals surface area contributed by atoms with Gasteiger partial charge in [0.15, 0.2) is 5.82 Å². The van der Waals surface area contributed by atoms with Gasteiger partial charge in [-0.2, -0.15) is 5.10 Å². The molecule has 0 saturated heterocycles. The first-order chi connectivity index (χ1) is 13.3. The van der Waals surface area contributed by atoms with Crippen LogP contribution in [-0.2, 0) is 6.54 Å². The third-order valence-electron chi connectivity index (χ3n) is 5.50. The number of benzene rings is 1. The number of carbonyl (C=O) groups excluding carboxylic acids is 1. The number of hydrogen-bond donors (Lipinski definition) is 2. The van der Waals surface area contributed by atoms with Gasteiger partial charge in [0, 0.05) is 29.5 Å². The molecule has 2 N–H and O–H groups in total. The molecule has 28 heavy (non-hydrogen) atoms. The smallest absolute Gasteiger partial charge is 0.261 e. The molecule has 7 heteroatoms. The number of aromatic nitrogens is 3. The van der Waals surface area contributed by atoms with Crippen molar-refractivity contribution in [2.75, 3.05) is 5.32 Å². The molecule has 0 atom stereocenters. The van der Waals surface area contributed by atoms with Crippen molar-refractivity contribution in [1.29, 1.82) is 0 Å². The third-order valence-corrected chi connectivity index (χ3v) is 5.50. The van der Waals surface area contributed by atoms with E-state index in [1.165, 1.54) is 0 Å². The number of aromatic amines is 1. The Hall–Kier alpha value is -3.09. The maximum Gasteiger partial charge on any atom is 0.261 e. The molecule has 3 aromatic rings. The summed E-state index contributed by atoms with van der Waals surface area (Å²) in [4.78, 5) is 29.7. The van der Waals surface area contributed by atoms with Crippen LogP contribution in [0.2, 0.25) is 0 Å². The highest BCUT2D eigenvalue weighted by atomic mass is 16.2. The van der Waals surface area contributed by atoms with Gasteiger partial charge in [-0.1, -0.05) is 0 Å². The Bertz CT molecular complexity index is 1160. The molecule has 1 amide bonds. The summed E-state index contributed by atoms with van der Waals surface area (Å²) in [7, 11) is 0. The molecule has 0 radical (unpaired) electrons. The normalized spacial score (nSPS) is 16.7. The van der Waals surface area contributed by atoms with Gasteiger partial charge < -0.3 is 15.2 Å². The highest BCUT2D eigenvalue weighted by molar-refractivity contribution is 5.99. The Balaban J connectivity index is 1.52. The van der Waals surface area contributed by atoms with Gasteiger partial charge in [0.25, 0.3) is 11.5 Å². The summed E-state index contributed by atoms with van der Waals surface area (Å²) in [5, 5.41) is 8.56. The minimum absolute atomic E-state index is 0.0638. The zero-order valence-corrected chi connectivity index (χ0v) is 16.2. The van der Waals surface area contributed by atoms with Crippen LogP contribution in [0.5, 0.6) is 0 Å². The van der Waals surface area contributed by atoms with E-state index in [2.05, 4.69) is 15.4 Å². The second-order valence-electron chi connectivity index (χ2n) is 8.65. The largest absolute Gasteiger partial charge is 0.338 e. The fourth-order valence-electron chi connectivity index (χ4n) is 3.86. The van der Waals surface area contributed by atoms with Crippen LogP contribution < -0.4 is 10.9 Å². The zero-order chi connectivity index (χ0) is 19.6. The maximum absolute atomic E-state index is 12.7. The van der Waals surface area contributed by atoms with E-state index in [4.69, 9.17) is 0 Å². The lowest BCUT2D eigenvalue weighted by Crippen LogP contribution is -2.41. The van der Waals surface area contributed by atoms with Gasteiger partial charge >= 0.3 is 0 Å². The molecule has 0 unspecified atom stereocenters. The Morgan fingerprint density at radius 3 is 2.68 bits per heavy atom. The molecule has 5 rings (SSSR count). The number of carbonyl (C=O) groups is 1. The average Bonchev–Trinajstić information content (AvgIpc) is 3.33. The van der Waals surface area contributed by atoms with Crippen LogP contribution in [0.1, 0.15) is 55.6 Å². The predicted octanol–water partition coefficient (Wildman–Crippen LogP) is 3.56. The van der Waals surface area contributed by atoms with Crippen molar-refractivity contribution in [3.63, 3.8) is 0 Å². The average molecular weight is 377 g/mol. The van der Waals surface area contributed by atoms with Crippen LogP contribution in [0.15, 0.2) is 35.3 Å². The molecule has 3 heterocycles. The number of fused-ring (bicyclic) bond motifs is 2. The molecular weight excluding hydrogens is 354 g/mol. The van der Waals surface area contributed by atoms with Crippen molar-refractivity contribution in [2.45, 2.75) is 51.7 Å². The molecule has 1 aliphatic carbocycles. The predicted molar refractivity (Wildman–Crippen MR) is 108 cm³/mol. The van der Waals surface area contributed by atoms with Crippen molar-refractivity contribution in [2.24, 2.45) is 0 Å². The maximum atomic E-state index is 12.7. The van der Waals surface area contributed by atoms with Crippen LogP contribution in [0, 0.1) is 0 Å². The first-order valence-corrected chi connectivity index (χ1v) is 9.65. The lowest BCUT2D eigenvalue weighted by molar-refractivity contribution is 0.0609. The highest BCUT2D eigenvalue weighted by Crippen LogP contribution is 2.38. The SMILES string of the molecule is CC(C)(C)N1Cc2cc(Nc3nn(C4CC4)c4cc[nH]c(=O)c34)ccc2C1=O. The Labute approximate surface area is 162 Å². The number of rotatable bonds is 3. The highest BCUT2D eigenvalue weighted by Gasteiger charge is 2.35. The van der Waals surface area contributed by atoms with Crippen LogP contribution in [0.4, 0.5) is 11.5 Å². The molecular formula is C21H23N5O2. The summed E-state index contributed by atoms with van der Waals surface area (Å²) in [6, 6.07) is 7.99. The molecule has 0 spiro atoms. The van der Waals surface area contributed by atoms with Crippen LogP contribution >= 0.6 is 0 Å². The number of hydrogen-bond acceptors (Lipinski definition) is 4. The van der Waals surface area contributed by atoms with Gasteiger partial charge in [0.1, 0.15) is 5.39 Å². The fraction of sp³-hybridized carbons (Fsp3) is 0.381. The number of amides is 1. The topological polar surface area (TPSA) is 83.0 Å². The van der Waals surface area contributed by atoms with Gasteiger partial charge in [-0.15, -0.1) is 0 Å². The van der Waals surface area contributed by atoms with Crippen molar-refractivity contribution < 1.29 is 4.79 Å². The zero-order valence-electron chi connectivity index (χ0n) is 16.2. The van der Waals surface area contributed by atoms with E-state index in [-0.39, 0.29) is 17.0 Å². The van der Waals surface area contributed by atoms with Gasteiger partial charge in [0.05, 0.1) is 11.6 Å². The van der Waals surface area contributed by atoms with Crippen molar-refractivity contribution in [1.82, 2.24) is 19.7 Å². The van der Waals surface area contributed by atoms with Gasteiger partial charge in [0.2, 0.25) is 0 Å². The first kappa shape index (κ1) is 17.0. The number of pyridine rings is 1. The van der Waals surface area contributed by atoms with Gasteiger partial charge in [-0.3, -0.25) is 14.3 Å². The molecule has 1 aliphatic heterocycles. The summed E-state index contributed by atoms with van der Waals surface area (Å²) >= 11 is 0. The van der Waals surface area contributed by atoms with E-state index in [0.29, 0.717) is 23.8 Å². The number of nitrogens with one attached hydrogen (secondary N) is 2. The van der Waals surface area contributed by atoms with Crippen LogP contribution in [0.25, 0.3) is 10.9 Å². The Morgan fingerprint density at radius 1 is 1.18 bits per heavy atom. The lowest BCUT2D eigenvalue weighted by atomic mass is 10.1. The van der Waals surface area contributed by atoms with E-state index in [0.717, 1.165) is 35.2 Å². The molecule has 2 aromatic heterocycles. The van der Waals surface area contributed by atoms with E-state index in [1.54, 1.807) is 6.20 Å². The van der Waals surface area contributed by atoms with E-state index >= 15 is 0 Å². The molecule has 0 bridgehead atoms. The van der Waals surface area contributed by atoms with Crippen LogP contribution in [-0.4, -0.2) is 31.1 Å². The minimum Gasteiger partial charge on any atom is -0.338 e.